The summed E-state index contributed by atoms with van der Waals surface area (Å²) < 4.78 is 7.06. The Balaban J connectivity index is 1.39. The fourth-order valence-corrected chi connectivity index (χ4v) is 4.23. The molecule has 0 bridgehead atoms. The monoisotopic (exact) mass is 476 g/mol. The van der Waals surface area contributed by atoms with Crippen LogP contribution in [0.25, 0.3) is 10.9 Å². The third kappa shape index (κ3) is 5.34. The third-order valence-corrected chi connectivity index (χ3v) is 6.07. The number of allylic oxidation sites excluding steroid dienone is 1. The maximum Gasteiger partial charge on any atom is 0.258 e. The molecule has 0 aliphatic heterocycles. The Kier molecular flexibility index (Phi) is 7.38. The molecule has 0 saturated heterocycles. The van der Waals surface area contributed by atoms with E-state index in [0.717, 1.165) is 5.82 Å². The van der Waals surface area contributed by atoms with Gasteiger partial charge in [0.25, 0.3) is 11.5 Å². The van der Waals surface area contributed by atoms with Crippen LogP contribution >= 0.6 is 11.8 Å². The lowest BCUT2D eigenvalue weighted by molar-refractivity contribution is 0.0954. The number of carbonyl (C=O) groups is 1. The van der Waals surface area contributed by atoms with Gasteiger partial charge in [0.05, 0.1) is 23.8 Å². The Labute approximate surface area is 200 Å². The summed E-state index contributed by atoms with van der Waals surface area (Å²) in [5.41, 5.74) is 1.05. The third-order valence-electron chi connectivity index (χ3n) is 5.09. The highest BCUT2D eigenvalue weighted by atomic mass is 32.2. The molecule has 0 fully saturated rings. The van der Waals surface area contributed by atoms with Gasteiger partial charge in [-0.25, -0.2) is 4.98 Å². The number of H-pyrrole nitrogens is 1. The lowest BCUT2D eigenvalue weighted by Crippen LogP contribution is -2.26. The fourth-order valence-electron chi connectivity index (χ4n) is 3.39. The van der Waals surface area contributed by atoms with E-state index in [9.17, 15) is 9.59 Å². The maximum atomic E-state index is 12.4. The molecule has 0 unspecified atom stereocenters. The number of para-hydroxylation sites is 1. The smallest absolute Gasteiger partial charge is 0.258 e. The van der Waals surface area contributed by atoms with E-state index in [1.165, 1.54) is 11.8 Å². The van der Waals surface area contributed by atoms with Crippen LogP contribution in [0.4, 0.5) is 0 Å². The van der Waals surface area contributed by atoms with Gasteiger partial charge in [0, 0.05) is 25.1 Å². The molecule has 10 heteroatoms. The van der Waals surface area contributed by atoms with Gasteiger partial charge in [0.15, 0.2) is 5.16 Å². The molecule has 0 spiro atoms. The van der Waals surface area contributed by atoms with Crippen molar-refractivity contribution in [3.05, 3.63) is 88.8 Å². The largest absolute Gasteiger partial charge is 0.497 e. The Morgan fingerprint density at radius 2 is 2.00 bits per heavy atom. The molecule has 2 N–H and O–H groups in total. The number of methoxy groups -OCH3 is 1. The minimum Gasteiger partial charge on any atom is -0.497 e. The highest BCUT2D eigenvalue weighted by Crippen LogP contribution is 2.21. The molecule has 0 atom stereocenters. The van der Waals surface area contributed by atoms with Crippen molar-refractivity contribution in [2.75, 3.05) is 13.7 Å². The number of aromatic nitrogens is 5. The van der Waals surface area contributed by atoms with Crippen LogP contribution in [0.3, 0.4) is 0 Å². The summed E-state index contributed by atoms with van der Waals surface area (Å²) in [7, 11) is 1.58. The van der Waals surface area contributed by atoms with Crippen molar-refractivity contribution in [2.45, 2.75) is 23.9 Å². The van der Waals surface area contributed by atoms with Gasteiger partial charge < -0.3 is 19.6 Å². The number of amides is 1. The van der Waals surface area contributed by atoms with E-state index in [2.05, 4.69) is 32.1 Å². The number of rotatable bonds is 10. The summed E-state index contributed by atoms with van der Waals surface area (Å²) >= 11 is 1.43. The molecule has 34 heavy (non-hydrogen) atoms. The molecule has 4 aromatic rings. The van der Waals surface area contributed by atoms with Crippen LogP contribution in [0.15, 0.2) is 71.1 Å². The molecular weight excluding hydrogens is 452 g/mol. The van der Waals surface area contributed by atoms with Crippen molar-refractivity contribution in [3.63, 3.8) is 0 Å². The van der Waals surface area contributed by atoms with Crippen molar-refractivity contribution < 1.29 is 9.53 Å². The summed E-state index contributed by atoms with van der Waals surface area (Å²) in [5, 5.41) is 12.7. The van der Waals surface area contributed by atoms with E-state index < -0.39 is 0 Å². The Morgan fingerprint density at radius 1 is 1.21 bits per heavy atom. The number of thioether (sulfide) groups is 1. The van der Waals surface area contributed by atoms with Crippen LogP contribution < -0.4 is 15.6 Å². The highest BCUT2D eigenvalue weighted by Gasteiger charge is 2.14. The summed E-state index contributed by atoms with van der Waals surface area (Å²) in [6, 6.07) is 14.2. The second-order valence-electron chi connectivity index (χ2n) is 7.35. The zero-order valence-corrected chi connectivity index (χ0v) is 19.5. The lowest BCUT2D eigenvalue weighted by atomic mass is 10.2. The first-order valence-electron chi connectivity index (χ1n) is 10.6. The topological polar surface area (TPSA) is 115 Å². The maximum absolute atomic E-state index is 12.4. The Bertz CT molecular complexity index is 1360. The number of ether oxygens (including phenoxy) is 1. The molecule has 2 aromatic carbocycles. The number of hydrogen-bond acceptors (Lipinski definition) is 7. The van der Waals surface area contributed by atoms with Crippen LogP contribution in [-0.4, -0.2) is 44.3 Å². The molecule has 174 valence electrons. The summed E-state index contributed by atoms with van der Waals surface area (Å²) in [6.07, 6.45) is 2.28. The fraction of sp³-hybridized carbons (Fsp3) is 0.208. The standard InChI is InChI=1S/C24H24N6O3S/c1-3-14-30-21(12-13-25-22(31)16-8-10-17(33-2)11-9-16)28-29-24(30)34-15-20-26-19-7-5-4-6-18(19)23(32)27-20/h3-11H,1,12-15H2,2H3,(H,25,31)(H,26,27,32). The molecule has 0 radical (unpaired) electrons. The summed E-state index contributed by atoms with van der Waals surface area (Å²) in [4.78, 5) is 32.0. The molecule has 0 aliphatic rings. The number of nitrogens with zero attached hydrogens (tertiary/aromatic N) is 4. The quantitative estimate of drug-likeness (QED) is 0.267. The zero-order valence-electron chi connectivity index (χ0n) is 18.7. The number of nitrogens with one attached hydrogen (secondary N) is 2. The second kappa shape index (κ2) is 10.8. The van der Waals surface area contributed by atoms with E-state index in [0.29, 0.717) is 58.5 Å². The SMILES string of the molecule is C=CCn1c(CCNC(=O)c2ccc(OC)cc2)nnc1SCc1nc2ccccc2c(=O)[nH]1. The molecule has 9 nitrogen and oxygen atoms in total. The van der Waals surface area contributed by atoms with Crippen LogP contribution in [0.5, 0.6) is 5.75 Å². The predicted octanol–water partition coefficient (Wildman–Crippen LogP) is 2.97. The number of carbonyl (C=O) groups excluding carboxylic acids is 1. The highest BCUT2D eigenvalue weighted by molar-refractivity contribution is 7.98. The van der Waals surface area contributed by atoms with Crippen LogP contribution in [0, 0.1) is 0 Å². The summed E-state index contributed by atoms with van der Waals surface area (Å²) in [6.45, 7) is 4.75. The van der Waals surface area contributed by atoms with Gasteiger partial charge in [-0.05, 0) is 36.4 Å². The predicted molar refractivity (Wildman–Crippen MR) is 131 cm³/mol. The van der Waals surface area contributed by atoms with Crippen molar-refractivity contribution in [3.8, 4) is 5.75 Å². The van der Waals surface area contributed by atoms with Crippen molar-refractivity contribution in [1.29, 1.82) is 0 Å². The average Bonchev–Trinajstić information content (AvgIpc) is 3.24. The average molecular weight is 477 g/mol. The van der Waals surface area contributed by atoms with Crippen molar-refractivity contribution in [1.82, 2.24) is 30.0 Å². The Hall–Kier alpha value is -3.92. The van der Waals surface area contributed by atoms with Crippen LogP contribution in [0.1, 0.15) is 22.0 Å². The number of hydrogen-bond donors (Lipinski definition) is 2. The molecule has 2 aromatic heterocycles. The first kappa shape index (κ1) is 23.2. The number of fused-ring (bicyclic) bond motifs is 1. The van der Waals surface area contributed by atoms with E-state index in [1.807, 2.05) is 22.8 Å². The van der Waals surface area contributed by atoms with Gasteiger partial charge in [-0.15, -0.1) is 16.8 Å². The van der Waals surface area contributed by atoms with E-state index in [4.69, 9.17) is 4.74 Å². The van der Waals surface area contributed by atoms with Crippen molar-refractivity contribution >= 4 is 28.6 Å². The Morgan fingerprint density at radius 3 is 2.76 bits per heavy atom. The van der Waals surface area contributed by atoms with Gasteiger partial charge in [0.1, 0.15) is 17.4 Å². The van der Waals surface area contributed by atoms with Gasteiger partial charge in [0.2, 0.25) is 0 Å². The molecule has 0 aliphatic carbocycles. The first-order chi connectivity index (χ1) is 16.6. The van der Waals surface area contributed by atoms with Crippen molar-refractivity contribution in [2.24, 2.45) is 0 Å². The normalized spacial score (nSPS) is 10.9. The van der Waals surface area contributed by atoms with Gasteiger partial charge in [-0.2, -0.15) is 0 Å². The first-order valence-corrected chi connectivity index (χ1v) is 11.6. The second-order valence-corrected chi connectivity index (χ2v) is 8.29. The van der Waals surface area contributed by atoms with Crippen LogP contribution in [0.2, 0.25) is 0 Å². The van der Waals surface area contributed by atoms with E-state index in [-0.39, 0.29) is 11.5 Å². The van der Waals surface area contributed by atoms with Gasteiger partial charge in [-0.3, -0.25) is 9.59 Å². The van der Waals surface area contributed by atoms with Gasteiger partial charge >= 0.3 is 0 Å². The molecule has 2 heterocycles. The van der Waals surface area contributed by atoms with Crippen LogP contribution in [-0.2, 0) is 18.7 Å². The molecular formula is C24H24N6O3S. The zero-order chi connectivity index (χ0) is 23.9. The molecule has 4 rings (SSSR count). The minimum atomic E-state index is -0.168. The van der Waals surface area contributed by atoms with E-state index >= 15 is 0 Å². The number of aromatic amines is 1. The number of benzene rings is 2. The van der Waals surface area contributed by atoms with Gasteiger partial charge in [-0.1, -0.05) is 30.0 Å². The van der Waals surface area contributed by atoms with E-state index in [1.54, 1.807) is 43.5 Å². The molecule has 1 amide bonds. The summed E-state index contributed by atoms with van der Waals surface area (Å²) in [5.74, 6) is 2.26. The lowest BCUT2D eigenvalue weighted by Gasteiger charge is -2.09. The minimum absolute atomic E-state index is 0.165. The molecule has 0 saturated carbocycles.